The van der Waals surface area contributed by atoms with Gasteiger partial charge in [0.15, 0.2) is 0 Å². The SMILES string of the molecule is CNC(c1cccc2ccsc12)C1CCC(C)CC1. The molecule has 1 aromatic carbocycles. The van der Waals surface area contributed by atoms with E-state index in [1.165, 1.54) is 41.3 Å². The first-order valence-electron chi connectivity index (χ1n) is 7.43. The second kappa shape index (κ2) is 5.64. The molecule has 102 valence electrons. The monoisotopic (exact) mass is 273 g/mol. The molecule has 1 nitrogen and oxygen atoms in total. The third-order valence-corrected chi connectivity index (χ3v) is 5.67. The van der Waals surface area contributed by atoms with Crippen LogP contribution in [0.2, 0.25) is 0 Å². The van der Waals surface area contributed by atoms with Crippen LogP contribution in [0.1, 0.15) is 44.2 Å². The minimum atomic E-state index is 0.523. The zero-order valence-corrected chi connectivity index (χ0v) is 12.7. The predicted molar refractivity (Wildman–Crippen MR) is 84.7 cm³/mol. The molecule has 0 radical (unpaired) electrons. The van der Waals surface area contributed by atoms with E-state index in [0.717, 1.165) is 11.8 Å². The highest BCUT2D eigenvalue weighted by molar-refractivity contribution is 7.17. The number of benzene rings is 1. The lowest BCUT2D eigenvalue weighted by molar-refractivity contribution is 0.239. The van der Waals surface area contributed by atoms with Crippen LogP contribution in [0.3, 0.4) is 0 Å². The summed E-state index contributed by atoms with van der Waals surface area (Å²) in [5.74, 6) is 1.72. The number of nitrogens with one attached hydrogen (secondary N) is 1. The Balaban J connectivity index is 1.91. The molecule has 2 aromatic rings. The van der Waals surface area contributed by atoms with Crippen LogP contribution in [-0.4, -0.2) is 7.05 Å². The van der Waals surface area contributed by atoms with Crippen LogP contribution in [0.5, 0.6) is 0 Å². The average Bonchev–Trinajstić information content (AvgIpc) is 2.91. The van der Waals surface area contributed by atoms with E-state index in [0.29, 0.717) is 6.04 Å². The zero-order chi connectivity index (χ0) is 13.2. The van der Waals surface area contributed by atoms with Crippen molar-refractivity contribution in [3.8, 4) is 0 Å². The lowest BCUT2D eigenvalue weighted by atomic mass is 9.77. The van der Waals surface area contributed by atoms with E-state index in [1.807, 2.05) is 11.3 Å². The van der Waals surface area contributed by atoms with Crippen LogP contribution in [0.15, 0.2) is 29.6 Å². The molecule has 0 spiro atoms. The molecular weight excluding hydrogens is 250 g/mol. The highest BCUT2D eigenvalue weighted by atomic mass is 32.1. The molecule has 1 aliphatic rings. The second-order valence-electron chi connectivity index (χ2n) is 5.97. The molecule has 0 amide bonds. The third-order valence-electron chi connectivity index (χ3n) is 4.69. The van der Waals surface area contributed by atoms with Crippen LogP contribution in [0, 0.1) is 11.8 Å². The minimum Gasteiger partial charge on any atom is -0.313 e. The molecule has 1 fully saturated rings. The van der Waals surface area contributed by atoms with Crippen molar-refractivity contribution in [3.63, 3.8) is 0 Å². The van der Waals surface area contributed by atoms with Crippen molar-refractivity contribution in [2.75, 3.05) is 7.05 Å². The standard InChI is InChI=1S/C17H23NS/c1-12-6-8-13(9-7-12)16(18-2)15-5-3-4-14-10-11-19-17(14)15/h3-5,10-13,16,18H,6-9H2,1-2H3. The van der Waals surface area contributed by atoms with Crippen LogP contribution in [0.4, 0.5) is 0 Å². The molecule has 1 N–H and O–H groups in total. The maximum atomic E-state index is 3.59. The number of hydrogen-bond acceptors (Lipinski definition) is 2. The van der Waals surface area contributed by atoms with E-state index in [4.69, 9.17) is 0 Å². The molecule has 1 heterocycles. The number of thiophene rings is 1. The van der Waals surface area contributed by atoms with Crippen LogP contribution in [0.25, 0.3) is 10.1 Å². The van der Waals surface area contributed by atoms with Gasteiger partial charge in [-0.05, 0) is 54.1 Å². The molecule has 1 saturated carbocycles. The first-order chi connectivity index (χ1) is 9.29. The largest absolute Gasteiger partial charge is 0.313 e. The molecule has 0 bridgehead atoms. The first kappa shape index (κ1) is 13.1. The Morgan fingerprint density at radius 1 is 1.16 bits per heavy atom. The summed E-state index contributed by atoms with van der Waals surface area (Å²) in [6, 6.07) is 9.51. The summed E-state index contributed by atoms with van der Waals surface area (Å²) in [7, 11) is 2.12. The molecule has 3 rings (SSSR count). The molecule has 19 heavy (non-hydrogen) atoms. The van der Waals surface area contributed by atoms with Gasteiger partial charge in [0.05, 0.1) is 0 Å². The Morgan fingerprint density at radius 3 is 2.68 bits per heavy atom. The third kappa shape index (κ3) is 2.56. The van der Waals surface area contributed by atoms with E-state index in [1.54, 1.807) is 0 Å². The lowest BCUT2D eigenvalue weighted by Crippen LogP contribution is -2.28. The summed E-state index contributed by atoms with van der Waals surface area (Å²) in [5.41, 5.74) is 1.51. The van der Waals surface area contributed by atoms with E-state index < -0.39 is 0 Å². The van der Waals surface area contributed by atoms with Crippen LogP contribution in [-0.2, 0) is 0 Å². The van der Waals surface area contributed by atoms with Gasteiger partial charge < -0.3 is 5.32 Å². The summed E-state index contributed by atoms with van der Waals surface area (Å²) >= 11 is 1.88. The molecule has 0 saturated heterocycles. The smallest absolute Gasteiger partial charge is 0.0390 e. The van der Waals surface area contributed by atoms with Crippen LogP contribution < -0.4 is 5.32 Å². The van der Waals surface area contributed by atoms with Gasteiger partial charge >= 0.3 is 0 Å². The Labute approximate surface area is 120 Å². The fraction of sp³-hybridized carbons (Fsp3) is 0.529. The molecule has 1 aliphatic carbocycles. The van der Waals surface area contributed by atoms with Crippen molar-refractivity contribution in [1.82, 2.24) is 5.32 Å². The van der Waals surface area contributed by atoms with E-state index >= 15 is 0 Å². The molecule has 2 heteroatoms. The molecule has 0 aliphatic heterocycles. The second-order valence-corrected chi connectivity index (χ2v) is 6.89. The number of rotatable bonds is 3. The van der Waals surface area contributed by atoms with Gasteiger partial charge in [0.2, 0.25) is 0 Å². The predicted octanol–water partition coefficient (Wildman–Crippen LogP) is 4.99. The number of hydrogen-bond donors (Lipinski definition) is 1. The Morgan fingerprint density at radius 2 is 1.95 bits per heavy atom. The fourth-order valence-electron chi connectivity index (χ4n) is 3.53. The van der Waals surface area contributed by atoms with Crippen molar-refractivity contribution in [2.45, 2.75) is 38.6 Å². The highest BCUT2D eigenvalue weighted by Gasteiger charge is 2.27. The number of fused-ring (bicyclic) bond motifs is 1. The van der Waals surface area contributed by atoms with Gasteiger partial charge in [-0.1, -0.05) is 38.0 Å². The first-order valence-corrected chi connectivity index (χ1v) is 8.31. The summed E-state index contributed by atoms with van der Waals surface area (Å²) in [4.78, 5) is 0. The van der Waals surface area contributed by atoms with Crippen LogP contribution >= 0.6 is 11.3 Å². The Kier molecular flexibility index (Phi) is 3.90. The topological polar surface area (TPSA) is 12.0 Å². The molecule has 1 unspecified atom stereocenters. The average molecular weight is 273 g/mol. The fourth-order valence-corrected chi connectivity index (χ4v) is 4.48. The summed E-state index contributed by atoms with van der Waals surface area (Å²) in [6.45, 7) is 2.39. The van der Waals surface area contributed by atoms with E-state index in [9.17, 15) is 0 Å². The Bertz CT molecular complexity index is 537. The minimum absolute atomic E-state index is 0.523. The van der Waals surface area contributed by atoms with Gasteiger partial charge in [0.25, 0.3) is 0 Å². The van der Waals surface area contributed by atoms with Crippen molar-refractivity contribution < 1.29 is 0 Å². The Hall–Kier alpha value is -0.860. The van der Waals surface area contributed by atoms with Gasteiger partial charge in [0, 0.05) is 10.7 Å². The van der Waals surface area contributed by atoms with Gasteiger partial charge in [-0.2, -0.15) is 0 Å². The van der Waals surface area contributed by atoms with Crippen molar-refractivity contribution in [1.29, 1.82) is 0 Å². The quantitative estimate of drug-likeness (QED) is 0.831. The van der Waals surface area contributed by atoms with E-state index in [2.05, 4.69) is 48.9 Å². The highest BCUT2D eigenvalue weighted by Crippen LogP contribution is 2.39. The molecule has 1 aromatic heterocycles. The summed E-state index contributed by atoms with van der Waals surface area (Å²) in [6.07, 6.45) is 5.52. The van der Waals surface area contributed by atoms with Gasteiger partial charge in [0.1, 0.15) is 0 Å². The summed E-state index contributed by atoms with van der Waals surface area (Å²) < 4.78 is 1.47. The van der Waals surface area contributed by atoms with Crippen molar-refractivity contribution in [2.24, 2.45) is 11.8 Å². The van der Waals surface area contributed by atoms with E-state index in [-0.39, 0.29) is 0 Å². The summed E-state index contributed by atoms with van der Waals surface area (Å²) in [5, 5.41) is 7.20. The van der Waals surface area contributed by atoms with Gasteiger partial charge in [-0.25, -0.2) is 0 Å². The van der Waals surface area contributed by atoms with Crippen molar-refractivity contribution in [3.05, 3.63) is 35.2 Å². The van der Waals surface area contributed by atoms with Crippen molar-refractivity contribution >= 4 is 21.4 Å². The van der Waals surface area contributed by atoms with Gasteiger partial charge in [-0.3, -0.25) is 0 Å². The molecular formula is C17H23NS. The maximum absolute atomic E-state index is 3.59. The lowest BCUT2D eigenvalue weighted by Gasteiger charge is -2.33. The van der Waals surface area contributed by atoms with Gasteiger partial charge in [-0.15, -0.1) is 11.3 Å². The zero-order valence-electron chi connectivity index (χ0n) is 11.9. The molecule has 1 atom stereocenters. The maximum Gasteiger partial charge on any atom is 0.0390 e. The normalized spacial score (nSPS) is 25.6.